The average Bonchev–Trinajstić information content (AvgIpc) is 2.39. The number of halogens is 1. The summed E-state index contributed by atoms with van der Waals surface area (Å²) >= 11 is 3.50. The summed E-state index contributed by atoms with van der Waals surface area (Å²) in [7, 11) is -3.76. The molecule has 0 aliphatic rings. The molecule has 0 heterocycles. The maximum absolute atomic E-state index is 11.0. The number of nitrogens with two attached hydrogens (primary N) is 1. The van der Waals surface area contributed by atoms with E-state index in [2.05, 4.69) is 32.0 Å². The van der Waals surface area contributed by atoms with Crippen LogP contribution in [0.2, 0.25) is 0 Å². The Morgan fingerprint density at radius 3 is 2.52 bits per heavy atom. The van der Waals surface area contributed by atoms with E-state index in [0.29, 0.717) is 12.2 Å². The smallest absolute Gasteiger partial charge is 0.296 e. The first kappa shape index (κ1) is 15.8. The molecule has 0 bridgehead atoms. The van der Waals surface area contributed by atoms with Crippen LogP contribution >= 0.6 is 15.9 Å². The fraction of sp³-hybridized carbons (Fsp3) is 0.143. The molecule has 2 aromatic carbocycles. The molecule has 0 atom stereocenters. The molecule has 7 heteroatoms. The second-order valence-electron chi connectivity index (χ2n) is 4.66. The van der Waals surface area contributed by atoms with E-state index in [9.17, 15) is 8.42 Å². The van der Waals surface area contributed by atoms with Gasteiger partial charge in [-0.15, -0.1) is 0 Å². The topological polar surface area (TPSA) is 84.2 Å². The molecule has 112 valence electrons. The Morgan fingerprint density at radius 1 is 1.14 bits per heavy atom. The van der Waals surface area contributed by atoms with E-state index in [4.69, 9.17) is 5.14 Å². The number of anilines is 2. The van der Waals surface area contributed by atoms with Crippen molar-refractivity contribution in [3.05, 3.63) is 58.1 Å². The van der Waals surface area contributed by atoms with Gasteiger partial charge in [0, 0.05) is 16.7 Å². The van der Waals surface area contributed by atoms with Gasteiger partial charge in [0.25, 0.3) is 10.2 Å². The van der Waals surface area contributed by atoms with Crippen molar-refractivity contribution in [2.24, 2.45) is 5.14 Å². The molecular weight excluding hydrogens is 354 g/mol. The summed E-state index contributed by atoms with van der Waals surface area (Å²) in [6.07, 6.45) is 0. The molecule has 0 fully saturated rings. The van der Waals surface area contributed by atoms with Crippen LogP contribution in [0.1, 0.15) is 11.1 Å². The van der Waals surface area contributed by atoms with Crippen molar-refractivity contribution in [1.29, 1.82) is 0 Å². The first-order valence-electron chi connectivity index (χ1n) is 6.23. The van der Waals surface area contributed by atoms with E-state index >= 15 is 0 Å². The molecule has 5 nitrogen and oxygen atoms in total. The van der Waals surface area contributed by atoms with Crippen LogP contribution in [0.15, 0.2) is 46.9 Å². The Bertz CT molecular complexity index is 748. The van der Waals surface area contributed by atoms with Crippen molar-refractivity contribution in [1.82, 2.24) is 0 Å². The minimum Gasteiger partial charge on any atom is -0.381 e. The molecule has 0 aliphatic heterocycles. The zero-order chi connectivity index (χ0) is 15.5. The second-order valence-corrected chi connectivity index (χ2v) is 6.81. The van der Waals surface area contributed by atoms with Crippen LogP contribution in [0.25, 0.3) is 0 Å². The first-order valence-corrected chi connectivity index (χ1v) is 8.57. The van der Waals surface area contributed by atoms with Gasteiger partial charge >= 0.3 is 0 Å². The molecule has 0 radical (unpaired) electrons. The summed E-state index contributed by atoms with van der Waals surface area (Å²) < 4.78 is 25.3. The lowest BCUT2D eigenvalue weighted by atomic mass is 10.1. The van der Waals surface area contributed by atoms with Crippen LogP contribution in [0.3, 0.4) is 0 Å². The van der Waals surface area contributed by atoms with Gasteiger partial charge in [-0.2, -0.15) is 8.42 Å². The Balaban J connectivity index is 2.06. The Labute approximate surface area is 132 Å². The van der Waals surface area contributed by atoms with Crippen LogP contribution in [-0.2, 0) is 16.8 Å². The zero-order valence-electron chi connectivity index (χ0n) is 11.4. The van der Waals surface area contributed by atoms with Crippen molar-refractivity contribution in [2.75, 3.05) is 10.0 Å². The van der Waals surface area contributed by atoms with Crippen LogP contribution in [0.5, 0.6) is 0 Å². The molecule has 0 unspecified atom stereocenters. The monoisotopic (exact) mass is 369 g/mol. The van der Waals surface area contributed by atoms with E-state index in [1.807, 2.05) is 25.1 Å². The van der Waals surface area contributed by atoms with Crippen molar-refractivity contribution in [2.45, 2.75) is 13.5 Å². The minimum absolute atomic E-state index is 0.424. The van der Waals surface area contributed by atoms with Crippen LogP contribution in [0.4, 0.5) is 11.4 Å². The summed E-state index contributed by atoms with van der Waals surface area (Å²) in [6, 6.07) is 13.1. The number of hydrogen-bond donors (Lipinski definition) is 3. The maximum atomic E-state index is 11.0. The highest BCUT2D eigenvalue weighted by Gasteiger charge is 2.03. The molecule has 0 amide bonds. The van der Waals surface area contributed by atoms with Gasteiger partial charge < -0.3 is 5.32 Å². The summed E-state index contributed by atoms with van der Waals surface area (Å²) in [5, 5.41) is 8.19. The van der Waals surface area contributed by atoms with Gasteiger partial charge in [-0.05, 0) is 42.3 Å². The van der Waals surface area contributed by atoms with Gasteiger partial charge in [-0.1, -0.05) is 34.1 Å². The molecule has 2 rings (SSSR count). The summed E-state index contributed by atoms with van der Waals surface area (Å²) in [6.45, 7) is 2.67. The van der Waals surface area contributed by atoms with E-state index in [0.717, 1.165) is 15.7 Å². The normalized spacial score (nSPS) is 11.2. The first-order chi connectivity index (χ1) is 9.83. The molecule has 0 saturated heterocycles. The van der Waals surface area contributed by atoms with E-state index in [1.165, 1.54) is 5.56 Å². The lowest BCUT2D eigenvalue weighted by Gasteiger charge is -2.10. The number of nitrogens with one attached hydrogen (secondary N) is 2. The number of benzene rings is 2. The summed E-state index contributed by atoms with van der Waals surface area (Å²) in [5.41, 5.74) is 3.53. The lowest BCUT2D eigenvalue weighted by Crippen LogP contribution is -2.21. The van der Waals surface area contributed by atoms with E-state index in [-0.39, 0.29) is 0 Å². The van der Waals surface area contributed by atoms with Gasteiger partial charge in [-0.3, -0.25) is 4.72 Å². The highest BCUT2D eigenvalue weighted by Crippen LogP contribution is 2.20. The standard InChI is InChI=1S/C14H16BrN3O2S/c1-10-5-6-11(7-14(10)15)9-17-12-3-2-4-13(8-12)18-21(16,19)20/h2-8,17-18H,9H2,1H3,(H2,16,19,20). The fourth-order valence-corrected chi connectivity index (χ4v) is 2.69. The third kappa shape index (κ3) is 5.04. The molecule has 21 heavy (non-hydrogen) atoms. The molecule has 0 saturated carbocycles. The zero-order valence-corrected chi connectivity index (χ0v) is 13.8. The SMILES string of the molecule is Cc1ccc(CNc2cccc(NS(N)(=O)=O)c2)cc1Br. The maximum Gasteiger partial charge on any atom is 0.296 e. The second kappa shape index (κ2) is 6.46. The molecular formula is C14H16BrN3O2S. The van der Waals surface area contributed by atoms with Crippen molar-refractivity contribution in [3.63, 3.8) is 0 Å². The van der Waals surface area contributed by atoms with Gasteiger partial charge in [0.1, 0.15) is 0 Å². The molecule has 0 spiro atoms. The predicted molar refractivity (Wildman–Crippen MR) is 89.4 cm³/mol. The number of hydrogen-bond acceptors (Lipinski definition) is 3. The predicted octanol–water partition coefficient (Wildman–Crippen LogP) is 2.99. The van der Waals surface area contributed by atoms with Gasteiger partial charge in [-0.25, -0.2) is 5.14 Å². The van der Waals surface area contributed by atoms with E-state index in [1.54, 1.807) is 18.2 Å². The minimum atomic E-state index is -3.76. The summed E-state index contributed by atoms with van der Waals surface area (Å²) in [5.74, 6) is 0. The highest BCUT2D eigenvalue weighted by atomic mass is 79.9. The van der Waals surface area contributed by atoms with Gasteiger partial charge in [0.05, 0.1) is 5.69 Å². The average molecular weight is 370 g/mol. The molecule has 4 N–H and O–H groups in total. The quantitative estimate of drug-likeness (QED) is 0.757. The highest BCUT2D eigenvalue weighted by molar-refractivity contribution is 9.10. The van der Waals surface area contributed by atoms with E-state index < -0.39 is 10.2 Å². The van der Waals surface area contributed by atoms with Gasteiger partial charge in [0.15, 0.2) is 0 Å². The van der Waals surface area contributed by atoms with Gasteiger partial charge in [0.2, 0.25) is 0 Å². The largest absolute Gasteiger partial charge is 0.381 e. The van der Waals surface area contributed by atoms with Crippen molar-refractivity contribution in [3.8, 4) is 0 Å². The van der Waals surface area contributed by atoms with Crippen molar-refractivity contribution >= 4 is 37.5 Å². The number of rotatable bonds is 5. The molecule has 2 aromatic rings. The number of aryl methyl sites for hydroxylation is 1. The fourth-order valence-electron chi connectivity index (χ4n) is 1.81. The lowest BCUT2D eigenvalue weighted by molar-refractivity contribution is 0.603. The Kier molecular flexibility index (Phi) is 4.87. The Hall–Kier alpha value is -1.57. The third-order valence-corrected chi connectivity index (χ3v) is 4.23. The third-order valence-electron chi connectivity index (χ3n) is 2.86. The Morgan fingerprint density at radius 2 is 1.86 bits per heavy atom. The van der Waals surface area contributed by atoms with Crippen LogP contribution < -0.4 is 15.2 Å². The van der Waals surface area contributed by atoms with Crippen LogP contribution in [0, 0.1) is 6.92 Å². The molecule has 0 aromatic heterocycles. The summed E-state index contributed by atoms with van der Waals surface area (Å²) in [4.78, 5) is 0. The van der Waals surface area contributed by atoms with Crippen molar-refractivity contribution < 1.29 is 8.42 Å². The molecule has 0 aliphatic carbocycles. The van der Waals surface area contributed by atoms with Crippen LogP contribution in [-0.4, -0.2) is 8.42 Å².